The third-order valence-electron chi connectivity index (χ3n) is 4.58. The van der Waals surface area contributed by atoms with Gasteiger partial charge >= 0.3 is 5.97 Å². The number of carbonyl (C=O) groups is 1. The Hall–Kier alpha value is -2.42. The molecule has 2 unspecified atom stereocenters. The van der Waals surface area contributed by atoms with Gasteiger partial charge in [0.1, 0.15) is 5.75 Å². The van der Waals surface area contributed by atoms with Gasteiger partial charge in [-0.3, -0.25) is 0 Å². The Kier molecular flexibility index (Phi) is 7.78. The van der Waals surface area contributed by atoms with E-state index in [1.54, 1.807) is 6.08 Å². The van der Waals surface area contributed by atoms with E-state index in [0.29, 0.717) is 0 Å². The van der Waals surface area contributed by atoms with Crippen LogP contribution in [-0.2, 0) is 4.79 Å². The van der Waals surface area contributed by atoms with Crippen molar-refractivity contribution in [1.29, 1.82) is 0 Å². The molecule has 0 aromatic heterocycles. The molecule has 0 bridgehead atoms. The summed E-state index contributed by atoms with van der Waals surface area (Å²) in [6.45, 7) is 4.23. The summed E-state index contributed by atoms with van der Waals surface area (Å²) in [5.41, 5.74) is 10.7. The number of benzene rings is 2. The molecule has 0 heterocycles. The van der Waals surface area contributed by atoms with Crippen LogP contribution in [0.4, 0.5) is 0 Å². The van der Waals surface area contributed by atoms with Crippen LogP contribution in [-0.4, -0.2) is 30.1 Å². The quantitative estimate of drug-likeness (QED) is 0.529. The summed E-state index contributed by atoms with van der Waals surface area (Å²) in [7, 11) is 0.854. The zero-order valence-corrected chi connectivity index (χ0v) is 19.5. The van der Waals surface area contributed by atoms with E-state index in [-0.39, 0.29) is 21.2 Å². The molecule has 0 fully saturated rings. The van der Waals surface area contributed by atoms with Crippen LogP contribution in [0, 0.1) is 5.92 Å². The number of carboxylic acids is 1. The van der Waals surface area contributed by atoms with Crippen molar-refractivity contribution in [2.75, 3.05) is 0 Å². The van der Waals surface area contributed by atoms with Crippen LogP contribution in [0.25, 0.3) is 12.2 Å². The van der Waals surface area contributed by atoms with E-state index >= 15 is 0 Å². The molecule has 27 heavy (non-hydrogen) atoms. The lowest BCUT2D eigenvalue weighted by Gasteiger charge is -2.21. The van der Waals surface area contributed by atoms with E-state index in [0.717, 1.165) is 38.3 Å². The second-order valence-corrected chi connectivity index (χ2v) is 9.14. The minimum Gasteiger partial charge on any atom is -0.554 e. The van der Waals surface area contributed by atoms with E-state index in [2.05, 4.69) is 32.1 Å². The monoisotopic (exact) mass is 397 g/mol. The Balaban J connectivity index is 2.08. The van der Waals surface area contributed by atoms with Gasteiger partial charge in [0.05, 0.1) is 0 Å². The second kappa shape index (κ2) is 10.1. The third kappa shape index (κ3) is 6.35. The lowest BCUT2D eigenvalue weighted by molar-refractivity contribution is -0.131. The van der Waals surface area contributed by atoms with Crippen LogP contribution in [0.3, 0.4) is 0 Å². The number of hydrogen-bond acceptors (Lipinski definition) is 3. The fourth-order valence-corrected chi connectivity index (χ4v) is 4.32. The highest BCUT2D eigenvalue weighted by Gasteiger charge is 2.16. The molecule has 2 aromatic rings. The molecule has 0 amide bonds. The molecule has 0 radical (unpaired) electrons. The van der Waals surface area contributed by atoms with Crippen LogP contribution < -0.4 is 10.2 Å². The second-order valence-electron chi connectivity index (χ2n) is 6.54. The van der Waals surface area contributed by atoms with Crippen molar-refractivity contribution >= 4 is 37.2 Å². The van der Waals surface area contributed by atoms with Gasteiger partial charge in [0.25, 0.3) is 0 Å². The summed E-state index contributed by atoms with van der Waals surface area (Å²) in [5, 5.41) is 8.70. The maximum atomic E-state index is 10.6. The van der Waals surface area contributed by atoms with Crippen molar-refractivity contribution in [2.24, 2.45) is 11.7 Å². The Labute approximate surface area is 165 Å². The summed E-state index contributed by atoms with van der Waals surface area (Å²) in [6, 6.07) is 15.8. The van der Waals surface area contributed by atoms with Crippen molar-refractivity contribution in [1.82, 2.24) is 0 Å². The van der Waals surface area contributed by atoms with Crippen molar-refractivity contribution in [3.8, 4) is 5.75 Å². The van der Waals surface area contributed by atoms with Crippen LogP contribution in [0.5, 0.6) is 5.75 Å². The number of carboxylic acid groups (broad SMARTS) is 1. The fraction of sp³-hybridized carbons (Fsp3) is 0.190. The van der Waals surface area contributed by atoms with Crippen molar-refractivity contribution in [3.63, 3.8) is 0 Å². The largest absolute Gasteiger partial charge is 0.554 e. The predicted octanol–water partition coefficient (Wildman–Crippen LogP) is 2.27. The lowest BCUT2D eigenvalue weighted by atomic mass is 9.88. The predicted molar refractivity (Wildman–Crippen MR) is 118 cm³/mol. The molecular formula is C21H27NO3Si2. The Bertz CT molecular complexity index is 814. The van der Waals surface area contributed by atoms with E-state index < -0.39 is 5.97 Å². The maximum Gasteiger partial charge on any atom is 0.328 e. The first kappa shape index (κ1) is 20.9. The van der Waals surface area contributed by atoms with Crippen molar-refractivity contribution in [2.45, 2.75) is 19.9 Å². The highest BCUT2D eigenvalue weighted by molar-refractivity contribution is 6.85. The summed E-state index contributed by atoms with van der Waals surface area (Å²) >= 11 is 0. The average Bonchev–Trinajstić information content (AvgIpc) is 2.67. The van der Waals surface area contributed by atoms with E-state index in [1.807, 2.05) is 36.4 Å². The fourth-order valence-electron chi connectivity index (χ4n) is 2.79. The number of rotatable bonds is 8. The molecule has 2 rings (SSSR count). The molecular weight excluding hydrogens is 370 g/mol. The van der Waals surface area contributed by atoms with Gasteiger partial charge in [-0.25, -0.2) is 4.79 Å². The molecule has 6 heteroatoms. The van der Waals surface area contributed by atoms with Gasteiger partial charge in [-0.15, -0.1) is 0 Å². The summed E-state index contributed by atoms with van der Waals surface area (Å²) in [5.74, 6) is 0.187. The zero-order valence-electron chi connectivity index (χ0n) is 16.1. The molecule has 0 aliphatic rings. The van der Waals surface area contributed by atoms with Crippen LogP contribution in [0.2, 0.25) is 0 Å². The number of hydrogen-bond donors (Lipinski definition) is 2. The molecule has 0 saturated carbocycles. The standard InChI is InChI=1S/C21H27NO3Si2/c1-14(13-17-5-10-19(11-6-17)25-27-26)15(2)21(22)18-8-3-16(4-9-18)7-12-20(23)24/h3-13,15,21H,22,27H2,1-2,26H3,(H,23,24). The summed E-state index contributed by atoms with van der Waals surface area (Å²) in [6.07, 6.45) is 4.87. The van der Waals surface area contributed by atoms with Crippen LogP contribution >= 0.6 is 0 Å². The smallest absolute Gasteiger partial charge is 0.328 e. The normalized spacial score (nSPS) is 14.7. The van der Waals surface area contributed by atoms with Gasteiger partial charge < -0.3 is 15.3 Å². The first-order chi connectivity index (χ1) is 12.9. The Morgan fingerprint density at radius 3 is 2.30 bits per heavy atom. The maximum absolute atomic E-state index is 10.6. The van der Waals surface area contributed by atoms with Gasteiger partial charge in [-0.05, 0) is 47.7 Å². The lowest BCUT2D eigenvalue weighted by Crippen LogP contribution is -2.19. The zero-order chi connectivity index (χ0) is 19.8. The molecule has 0 aliphatic heterocycles. The summed E-state index contributed by atoms with van der Waals surface area (Å²) < 4.78 is 5.67. The number of aliphatic carboxylic acids is 1. The number of nitrogens with two attached hydrogens (primary N) is 1. The minimum atomic E-state index is -0.955. The molecule has 142 valence electrons. The van der Waals surface area contributed by atoms with Crippen LogP contribution in [0.1, 0.15) is 36.6 Å². The highest BCUT2D eigenvalue weighted by Crippen LogP contribution is 2.27. The van der Waals surface area contributed by atoms with Crippen molar-refractivity contribution < 1.29 is 14.3 Å². The molecule has 2 aromatic carbocycles. The first-order valence-corrected chi connectivity index (χ1v) is 15.3. The first-order valence-electron chi connectivity index (χ1n) is 9.08. The average molecular weight is 398 g/mol. The van der Waals surface area contributed by atoms with Gasteiger partial charge in [0.15, 0.2) is 9.28 Å². The third-order valence-corrected chi connectivity index (χ3v) is 6.07. The Morgan fingerprint density at radius 1 is 1.15 bits per heavy atom. The molecule has 2 atom stereocenters. The van der Waals surface area contributed by atoms with E-state index in [9.17, 15) is 4.79 Å². The van der Waals surface area contributed by atoms with Gasteiger partial charge in [-0.2, -0.15) is 0 Å². The van der Waals surface area contributed by atoms with Crippen LogP contribution in [0.15, 0.2) is 60.2 Å². The van der Waals surface area contributed by atoms with Gasteiger partial charge in [-0.1, -0.05) is 55.0 Å². The van der Waals surface area contributed by atoms with E-state index in [4.69, 9.17) is 15.3 Å². The molecule has 4 nitrogen and oxygen atoms in total. The molecule has 3 N–H and O–H groups in total. The topological polar surface area (TPSA) is 72.5 Å². The molecule has 0 spiro atoms. The Morgan fingerprint density at radius 2 is 1.74 bits per heavy atom. The highest BCUT2D eigenvalue weighted by atomic mass is 29.1. The van der Waals surface area contributed by atoms with E-state index in [1.165, 1.54) is 5.57 Å². The SMILES string of the molecule is CC(=Cc1ccc(O[SiH2][SiH3])cc1)C(C)C(N)c1ccc(C=CC(=O)O)cc1. The minimum absolute atomic E-state index is 0.127. The van der Waals surface area contributed by atoms with Gasteiger partial charge in [0, 0.05) is 21.9 Å². The summed E-state index contributed by atoms with van der Waals surface area (Å²) in [4.78, 5) is 10.6. The van der Waals surface area contributed by atoms with Crippen molar-refractivity contribution in [3.05, 3.63) is 76.9 Å². The van der Waals surface area contributed by atoms with Gasteiger partial charge in [0.2, 0.25) is 0 Å². The molecule has 0 aliphatic carbocycles. The molecule has 0 saturated heterocycles.